The number of sulfone groups is 1. The quantitative estimate of drug-likeness (QED) is 0.394. The fourth-order valence-electron chi connectivity index (χ4n) is 4.79. The van der Waals surface area contributed by atoms with E-state index >= 15 is 0 Å². The van der Waals surface area contributed by atoms with Crippen molar-refractivity contribution in [2.45, 2.75) is 63.3 Å². The molecule has 2 heterocycles. The van der Waals surface area contributed by atoms with Gasteiger partial charge in [0.1, 0.15) is 16.9 Å². The Labute approximate surface area is 215 Å². The Bertz CT molecular complexity index is 1360. The Morgan fingerprint density at radius 1 is 1.11 bits per heavy atom. The monoisotopic (exact) mass is 535 g/mol. The van der Waals surface area contributed by atoms with Crippen molar-refractivity contribution in [2.24, 2.45) is 0 Å². The molecule has 1 fully saturated rings. The van der Waals surface area contributed by atoms with Gasteiger partial charge in [0.05, 0.1) is 23.4 Å². The Balaban J connectivity index is 1.60. The lowest BCUT2D eigenvalue weighted by Gasteiger charge is -2.32. The molecule has 0 radical (unpaired) electrons. The highest BCUT2D eigenvalue weighted by Crippen LogP contribution is 2.32. The molecule has 0 bridgehead atoms. The number of pyridine rings is 1. The van der Waals surface area contributed by atoms with Gasteiger partial charge in [0.15, 0.2) is 9.84 Å². The Morgan fingerprint density at radius 2 is 1.84 bits per heavy atom. The van der Waals surface area contributed by atoms with E-state index in [1.165, 1.54) is 24.4 Å². The molecule has 0 aliphatic heterocycles. The molecule has 0 amide bonds. The van der Waals surface area contributed by atoms with Crippen LogP contribution in [0.15, 0.2) is 30.5 Å². The van der Waals surface area contributed by atoms with E-state index in [0.29, 0.717) is 12.5 Å². The predicted octanol–water partition coefficient (Wildman–Crippen LogP) is 5.38. The van der Waals surface area contributed by atoms with Gasteiger partial charge >= 0.3 is 0 Å². The molecular weight excluding hydrogens is 503 g/mol. The van der Waals surface area contributed by atoms with Gasteiger partial charge in [-0.2, -0.15) is 0 Å². The summed E-state index contributed by atoms with van der Waals surface area (Å²) >= 11 is 0. The Morgan fingerprint density at radius 3 is 2.46 bits per heavy atom. The molecule has 1 N–H and O–H groups in total. The van der Waals surface area contributed by atoms with Crippen molar-refractivity contribution in [3.05, 3.63) is 47.4 Å². The summed E-state index contributed by atoms with van der Waals surface area (Å²) in [7, 11) is 0.704. The maximum Gasteiger partial charge on any atom is 0.266 e. The van der Waals surface area contributed by atoms with Gasteiger partial charge in [0.2, 0.25) is 5.95 Å². The molecule has 0 atom stereocenters. The van der Waals surface area contributed by atoms with Crippen LogP contribution in [0, 0.1) is 5.82 Å². The minimum atomic E-state index is -3.43. The third kappa shape index (κ3) is 6.56. The number of alkyl halides is 2. The summed E-state index contributed by atoms with van der Waals surface area (Å²) in [5, 5.41) is 3.27. The summed E-state index contributed by atoms with van der Waals surface area (Å²) in [6, 6.07) is 5.88. The molecule has 4 rings (SSSR count). The normalized spacial score (nSPS) is 18.6. The SMILES string of the molecule is CCCS(=O)(=O)Cc1ccc(-c2cc(C(F)F)c3nc(NC4CCC(N(C)C)CC4)ncc3n2)cc1F. The lowest BCUT2D eigenvalue weighted by atomic mass is 9.91. The molecule has 2 aromatic heterocycles. The first-order valence-corrected chi connectivity index (χ1v) is 14.3. The van der Waals surface area contributed by atoms with Crippen LogP contribution in [0.2, 0.25) is 0 Å². The van der Waals surface area contributed by atoms with Gasteiger partial charge in [-0.3, -0.25) is 0 Å². The second-order valence-corrected chi connectivity index (χ2v) is 12.0. The van der Waals surface area contributed by atoms with Gasteiger partial charge < -0.3 is 10.2 Å². The molecule has 7 nitrogen and oxygen atoms in total. The third-order valence-electron chi connectivity index (χ3n) is 6.81. The average molecular weight is 536 g/mol. The first-order chi connectivity index (χ1) is 17.6. The van der Waals surface area contributed by atoms with Crippen LogP contribution in [-0.2, 0) is 15.6 Å². The molecule has 1 saturated carbocycles. The summed E-state index contributed by atoms with van der Waals surface area (Å²) in [4.78, 5) is 15.3. The summed E-state index contributed by atoms with van der Waals surface area (Å²) in [5.74, 6) is -0.897. The number of hydrogen-bond acceptors (Lipinski definition) is 7. The standard InChI is InChI=1S/C26H32F3N5O2S/c1-4-11-37(35,36)15-17-6-5-16(12-21(17)27)22-13-20(25(28)29)24-23(32-22)14-30-26(33-24)31-18-7-9-19(10-8-18)34(2)3/h5-6,12-14,18-19,25H,4,7-11,15H2,1-3H3,(H,30,31,33). The smallest absolute Gasteiger partial charge is 0.266 e. The molecule has 0 saturated heterocycles. The molecule has 1 aromatic carbocycles. The molecule has 1 aliphatic carbocycles. The van der Waals surface area contributed by atoms with E-state index in [9.17, 15) is 21.6 Å². The zero-order chi connectivity index (χ0) is 26.7. The largest absolute Gasteiger partial charge is 0.351 e. The first-order valence-electron chi connectivity index (χ1n) is 12.4. The maximum absolute atomic E-state index is 14.7. The Hall–Kier alpha value is -2.79. The second-order valence-electron chi connectivity index (χ2n) is 9.84. The molecule has 11 heteroatoms. The highest BCUT2D eigenvalue weighted by molar-refractivity contribution is 7.90. The number of rotatable bonds is 9. The minimum absolute atomic E-state index is 0.0331. The van der Waals surface area contributed by atoms with Gasteiger partial charge in [-0.05, 0) is 58.3 Å². The van der Waals surface area contributed by atoms with E-state index in [1.54, 1.807) is 6.92 Å². The van der Waals surface area contributed by atoms with E-state index in [-0.39, 0.29) is 51.2 Å². The number of anilines is 1. The molecule has 3 aromatic rings. The number of nitrogens with zero attached hydrogens (tertiary/aromatic N) is 4. The van der Waals surface area contributed by atoms with Crippen molar-refractivity contribution in [1.29, 1.82) is 0 Å². The number of fused-ring (bicyclic) bond motifs is 1. The summed E-state index contributed by atoms with van der Waals surface area (Å²) < 4.78 is 67.0. The van der Waals surface area contributed by atoms with Gasteiger partial charge in [0.25, 0.3) is 6.43 Å². The fraction of sp³-hybridized carbons (Fsp3) is 0.500. The number of nitrogens with one attached hydrogen (secondary N) is 1. The molecular formula is C26H32F3N5O2S. The van der Waals surface area contributed by atoms with Crippen molar-refractivity contribution in [3.63, 3.8) is 0 Å². The van der Waals surface area contributed by atoms with E-state index < -0.39 is 27.8 Å². The number of aromatic nitrogens is 3. The predicted molar refractivity (Wildman–Crippen MR) is 139 cm³/mol. The summed E-state index contributed by atoms with van der Waals surface area (Å²) in [6.45, 7) is 1.74. The highest BCUT2D eigenvalue weighted by atomic mass is 32.2. The number of benzene rings is 1. The molecule has 200 valence electrons. The van der Waals surface area contributed by atoms with Crippen LogP contribution in [-0.4, -0.2) is 60.2 Å². The van der Waals surface area contributed by atoms with Gasteiger partial charge in [0, 0.05) is 28.8 Å². The molecule has 37 heavy (non-hydrogen) atoms. The van der Waals surface area contributed by atoms with Crippen LogP contribution in [0.5, 0.6) is 0 Å². The number of hydrogen-bond donors (Lipinski definition) is 1. The van der Waals surface area contributed by atoms with Crippen molar-refractivity contribution in [2.75, 3.05) is 25.2 Å². The van der Waals surface area contributed by atoms with Crippen molar-refractivity contribution >= 4 is 26.8 Å². The maximum atomic E-state index is 14.7. The van der Waals surface area contributed by atoms with Crippen LogP contribution in [0.25, 0.3) is 22.3 Å². The van der Waals surface area contributed by atoms with Gasteiger partial charge in [-0.1, -0.05) is 19.1 Å². The van der Waals surface area contributed by atoms with Crippen molar-refractivity contribution < 1.29 is 21.6 Å². The van der Waals surface area contributed by atoms with Crippen LogP contribution in [0.1, 0.15) is 56.6 Å². The highest BCUT2D eigenvalue weighted by Gasteiger charge is 2.24. The minimum Gasteiger partial charge on any atom is -0.351 e. The van der Waals surface area contributed by atoms with Crippen LogP contribution in [0.3, 0.4) is 0 Å². The van der Waals surface area contributed by atoms with Gasteiger partial charge in [-0.25, -0.2) is 36.5 Å². The van der Waals surface area contributed by atoms with E-state index in [0.717, 1.165) is 31.7 Å². The Kier molecular flexibility index (Phi) is 8.33. The molecule has 0 unspecified atom stereocenters. The van der Waals surface area contributed by atoms with Gasteiger partial charge in [-0.15, -0.1) is 0 Å². The van der Waals surface area contributed by atoms with Crippen LogP contribution >= 0.6 is 0 Å². The zero-order valence-corrected chi connectivity index (χ0v) is 22.0. The average Bonchev–Trinajstić information content (AvgIpc) is 2.84. The summed E-state index contributed by atoms with van der Waals surface area (Å²) in [6.07, 6.45) is 2.95. The fourth-order valence-corrected chi connectivity index (χ4v) is 6.27. The number of halogens is 3. The van der Waals surface area contributed by atoms with Crippen molar-refractivity contribution in [3.8, 4) is 11.3 Å². The van der Waals surface area contributed by atoms with E-state index in [1.807, 2.05) is 0 Å². The first kappa shape index (κ1) is 27.3. The topological polar surface area (TPSA) is 88.1 Å². The second kappa shape index (κ2) is 11.3. The van der Waals surface area contributed by atoms with Crippen molar-refractivity contribution in [1.82, 2.24) is 19.9 Å². The zero-order valence-electron chi connectivity index (χ0n) is 21.2. The third-order valence-corrected chi connectivity index (χ3v) is 8.59. The van der Waals surface area contributed by atoms with E-state index in [2.05, 4.69) is 39.3 Å². The lowest BCUT2D eigenvalue weighted by Crippen LogP contribution is -2.36. The summed E-state index contributed by atoms with van der Waals surface area (Å²) in [5.41, 5.74) is 0.321. The lowest BCUT2D eigenvalue weighted by molar-refractivity contribution is 0.153. The molecule has 1 aliphatic rings. The van der Waals surface area contributed by atoms with E-state index in [4.69, 9.17) is 0 Å². The van der Waals surface area contributed by atoms with Crippen LogP contribution in [0.4, 0.5) is 19.1 Å². The molecule has 0 spiro atoms. The van der Waals surface area contributed by atoms with Crippen LogP contribution < -0.4 is 5.32 Å².